The van der Waals surface area contributed by atoms with Crippen molar-refractivity contribution in [3.8, 4) is 23.0 Å². The van der Waals surface area contributed by atoms with Gasteiger partial charge in [-0.25, -0.2) is 9.59 Å². The third-order valence-corrected chi connectivity index (χ3v) is 7.39. The van der Waals surface area contributed by atoms with Gasteiger partial charge >= 0.3 is 11.6 Å². The topological polar surface area (TPSA) is 122 Å². The smallest absolute Gasteiger partial charge is 0.338 e. The van der Waals surface area contributed by atoms with Gasteiger partial charge in [0.25, 0.3) is 0 Å². The van der Waals surface area contributed by atoms with E-state index in [1.807, 2.05) is 32.0 Å². The fraction of sp³-hybridized carbons (Fsp3) is 0.194. The SMILES string of the molecule is CC(C)(OC(=O)c1ccccc1)C1Cc2cc3ccc(=O)oc3cc2O1.COc1cc(O)c(C(=O)c2ccccc2)c(OC)c1. The number of methoxy groups -OCH3 is 2. The van der Waals surface area contributed by atoms with Crippen molar-refractivity contribution < 1.29 is 38.1 Å². The summed E-state index contributed by atoms with van der Waals surface area (Å²) in [7, 11) is 2.92. The monoisotopic (exact) mass is 608 g/mol. The summed E-state index contributed by atoms with van der Waals surface area (Å²) in [5, 5.41) is 10.8. The second-order valence-electron chi connectivity index (χ2n) is 10.8. The maximum atomic E-state index is 12.4. The van der Waals surface area contributed by atoms with Gasteiger partial charge in [-0.1, -0.05) is 48.5 Å². The zero-order valence-corrected chi connectivity index (χ0v) is 25.2. The third-order valence-electron chi connectivity index (χ3n) is 7.39. The Morgan fingerprint density at radius 1 is 0.844 bits per heavy atom. The van der Waals surface area contributed by atoms with Crippen LogP contribution in [0.2, 0.25) is 0 Å². The van der Waals surface area contributed by atoms with Crippen LogP contribution in [-0.4, -0.2) is 42.8 Å². The number of benzene rings is 4. The molecule has 9 nitrogen and oxygen atoms in total. The zero-order chi connectivity index (χ0) is 32.1. The molecule has 0 spiro atoms. The molecule has 1 N–H and O–H groups in total. The number of ether oxygens (including phenoxy) is 4. The molecule has 0 aliphatic carbocycles. The molecule has 1 aromatic heterocycles. The van der Waals surface area contributed by atoms with Crippen molar-refractivity contribution in [1.29, 1.82) is 0 Å². The van der Waals surface area contributed by atoms with Crippen molar-refractivity contribution in [2.45, 2.75) is 32.0 Å². The fourth-order valence-corrected chi connectivity index (χ4v) is 4.95. The van der Waals surface area contributed by atoms with E-state index in [-0.39, 0.29) is 34.9 Å². The van der Waals surface area contributed by atoms with E-state index in [0.717, 1.165) is 10.9 Å². The van der Waals surface area contributed by atoms with Crippen molar-refractivity contribution in [2.75, 3.05) is 14.2 Å². The van der Waals surface area contributed by atoms with Crippen LogP contribution < -0.4 is 19.8 Å². The minimum Gasteiger partial charge on any atom is -0.507 e. The molecule has 2 heterocycles. The van der Waals surface area contributed by atoms with E-state index in [2.05, 4.69) is 0 Å². The maximum Gasteiger partial charge on any atom is 0.338 e. The van der Waals surface area contributed by atoms with Gasteiger partial charge in [0.2, 0.25) is 5.78 Å². The van der Waals surface area contributed by atoms with E-state index >= 15 is 0 Å². The van der Waals surface area contributed by atoms with Gasteiger partial charge < -0.3 is 28.5 Å². The standard InChI is InChI=1S/C21H18O5.C15H14O4/c1-21(2,26-20(23)13-6-4-3-5-7-13)18-11-15-10-14-8-9-19(22)25-16(14)12-17(15)24-18;1-18-11-8-12(16)14(13(9-11)19-2)15(17)10-6-4-3-5-7-10/h3-10,12,18H,11H2,1-2H3;3-9,16H,1-2H3. The Morgan fingerprint density at radius 2 is 1.51 bits per heavy atom. The number of fused-ring (bicyclic) bond motifs is 2. The average molecular weight is 609 g/mol. The predicted molar refractivity (Wildman–Crippen MR) is 168 cm³/mol. The number of aromatic hydroxyl groups is 1. The Balaban J connectivity index is 0.000000187. The Bertz CT molecular complexity index is 1890. The molecule has 4 aromatic carbocycles. The maximum absolute atomic E-state index is 12.4. The summed E-state index contributed by atoms with van der Waals surface area (Å²) in [6.07, 6.45) is 0.285. The minimum absolute atomic E-state index is 0.134. The summed E-state index contributed by atoms with van der Waals surface area (Å²) in [6.45, 7) is 3.68. The molecule has 9 heteroatoms. The van der Waals surface area contributed by atoms with Gasteiger partial charge in [0.05, 0.1) is 19.8 Å². The summed E-state index contributed by atoms with van der Waals surface area (Å²) in [5.74, 6) is 0.527. The van der Waals surface area contributed by atoms with E-state index in [0.29, 0.717) is 34.6 Å². The fourth-order valence-electron chi connectivity index (χ4n) is 4.95. The van der Waals surface area contributed by atoms with Crippen LogP contribution in [0, 0.1) is 0 Å². The predicted octanol–water partition coefficient (Wildman–Crippen LogP) is 6.37. The number of phenols is 1. The molecule has 1 atom stereocenters. The second kappa shape index (κ2) is 13.0. The van der Waals surface area contributed by atoms with Crippen LogP contribution in [0.3, 0.4) is 0 Å². The van der Waals surface area contributed by atoms with E-state index in [9.17, 15) is 19.5 Å². The molecule has 6 rings (SSSR count). The van der Waals surface area contributed by atoms with Crippen LogP contribution in [-0.2, 0) is 11.2 Å². The summed E-state index contributed by atoms with van der Waals surface area (Å²) >= 11 is 0. The minimum atomic E-state index is -0.820. The first kappa shape index (κ1) is 30.9. The van der Waals surface area contributed by atoms with Gasteiger partial charge in [-0.15, -0.1) is 0 Å². The van der Waals surface area contributed by atoms with E-state index < -0.39 is 11.2 Å². The average Bonchev–Trinajstić information content (AvgIpc) is 3.48. The normalized spacial score (nSPS) is 13.6. The Morgan fingerprint density at radius 3 is 2.16 bits per heavy atom. The molecule has 0 bridgehead atoms. The molecule has 1 unspecified atom stereocenters. The highest BCUT2D eigenvalue weighted by atomic mass is 16.6. The van der Waals surface area contributed by atoms with E-state index in [1.54, 1.807) is 66.7 Å². The number of hydrogen-bond donors (Lipinski definition) is 1. The van der Waals surface area contributed by atoms with Crippen LogP contribution in [0.15, 0.2) is 106 Å². The Kier molecular flexibility index (Phi) is 8.90. The molecule has 0 fully saturated rings. The summed E-state index contributed by atoms with van der Waals surface area (Å²) < 4.78 is 27.1. The first-order chi connectivity index (χ1) is 21.6. The lowest BCUT2D eigenvalue weighted by molar-refractivity contribution is -0.0517. The number of carbonyl (C=O) groups excluding carboxylic acids is 2. The molecular weight excluding hydrogens is 576 g/mol. The Hall–Kier alpha value is -5.57. The van der Waals surface area contributed by atoms with Crippen molar-refractivity contribution in [2.24, 2.45) is 0 Å². The van der Waals surface area contributed by atoms with Crippen molar-refractivity contribution >= 4 is 22.7 Å². The molecule has 1 aliphatic heterocycles. The number of esters is 1. The summed E-state index contributed by atoms with van der Waals surface area (Å²) in [4.78, 5) is 36.2. The lowest BCUT2D eigenvalue weighted by Gasteiger charge is -2.30. The lowest BCUT2D eigenvalue weighted by Crippen LogP contribution is -2.43. The molecule has 45 heavy (non-hydrogen) atoms. The van der Waals surface area contributed by atoms with Crippen molar-refractivity contribution in [1.82, 2.24) is 0 Å². The van der Waals surface area contributed by atoms with Crippen LogP contribution >= 0.6 is 0 Å². The molecule has 0 amide bonds. The van der Waals surface area contributed by atoms with Crippen LogP contribution in [0.5, 0.6) is 23.0 Å². The molecule has 0 saturated carbocycles. The van der Waals surface area contributed by atoms with Crippen LogP contribution in [0.4, 0.5) is 0 Å². The van der Waals surface area contributed by atoms with Gasteiger partial charge in [-0.3, -0.25) is 4.79 Å². The quantitative estimate of drug-likeness (QED) is 0.128. The number of rotatable bonds is 7. The molecule has 0 saturated heterocycles. The number of carbonyl (C=O) groups is 2. The first-order valence-corrected chi connectivity index (χ1v) is 14.2. The highest BCUT2D eigenvalue weighted by Crippen LogP contribution is 2.38. The first-order valence-electron chi connectivity index (χ1n) is 14.2. The van der Waals surface area contributed by atoms with Crippen LogP contribution in [0.1, 0.15) is 45.7 Å². The van der Waals surface area contributed by atoms with Crippen molar-refractivity contribution in [3.63, 3.8) is 0 Å². The van der Waals surface area contributed by atoms with E-state index in [1.165, 1.54) is 26.4 Å². The number of ketones is 1. The van der Waals surface area contributed by atoms with Gasteiger partial charge in [0.1, 0.15) is 45.8 Å². The highest BCUT2D eigenvalue weighted by molar-refractivity contribution is 6.12. The van der Waals surface area contributed by atoms with Gasteiger partial charge in [0, 0.05) is 41.6 Å². The van der Waals surface area contributed by atoms with Gasteiger partial charge in [-0.2, -0.15) is 0 Å². The molecule has 230 valence electrons. The highest BCUT2D eigenvalue weighted by Gasteiger charge is 2.40. The zero-order valence-electron chi connectivity index (χ0n) is 25.2. The van der Waals surface area contributed by atoms with Gasteiger partial charge in [0.15, 0.2) is 0 Å². The molecular formula is C36H32O9. The molecule has 0 radical (unpaired) electrons. The lowest BCUT2D eigenvalue weighted by atomic mass is 9.96. The van der Waals surface area contributed by atoms with E-state index in [4.69, 9.17) is 23.4 Å². The third kappa shape index (κ3) is 6.83. The second-order valence-corrected chi connectivity index (χ2v) is 10.8. The molecule has 5 aromatic rings. The molecule has 1 aliphatic rings. The summed E-state index contributed by atoms with van der Waals surface area (Å²) in [6, 6.07) is 27.4. The van der Waals surface area contributed by atoms with Gasteiger partial charge in [-0.05, 0) is 43.7 Å². The number of hydrogen-bond acceptors (Lipinski definition) is 9. The Labute approximate surface area is 259 Å². The largest absolute Gasteiger partial charge is 0.507 e. The van der Waals surface area contributed by atoms with Crippen LogP contribution in [0.25, 0.3) is 11.0 Å². The van der Waals surface area contributed by atoms with Crippen molar-refractivity contribution in [3.05, 3.63) is 130 Å². The number of phenolic OH excluding ortho intramolecular Hbond substituents is 1. The summed E-state index contributed by atoms with van der Waals surface area (Å²) in [5.41, 5.74) is 1.39.